The van der Waals surface area contributed by atoms with E-state index in [4.69, 9.17) is 4.74 Å². The monoisotopic (exact) mass is 203 g/mol. The second kappa shape index (κ2) is 5.35. The molecule has 15 heavy (non-hydrogen) atoms. The zero-order valence-electron chi connectivity index (χ0n) is 9.58. The molecule has 1 aromatic carbocycles. The number of hydrogen-bond donors (Lipinski definition) is 0. The van der Waals surface area contributed by atoms with Gasteiger partial charge in [-0.05, 0) is 18.6 Å². The lowest BCUT2D eigenvalue weighted by Gasteiger charge is -2.17. The average molecular weight is 203 g/mol. The summed E-state index contributed by atoms with van der Waals surface area (Å²) in [6.07, 6.45) is 0.854. The molecule has 0 aromatic heterocycles. The third-order valence-corrected chi connectivity index (χ3v) is 2.01. The van der Waals surface area contributed by atoms with E-state index in [0.717, 1.165) is 23.6 Å². The van der Waals surface area contributed by atoms with Crippen LogP contribution in [0.1, 0.15) is 27.2 Å². The molecular formula is C13H17NO. The lowest BCUT2D eigenvalue weighted by molar-refractivity contribution is 0.450. The van der Waals surface area contributed by atoms with Gasteiger partial charge in [0.25, 0.3) is 0 Å². The summed E-state index contributed by atoms with van der Waals surface area (Å²) >= 11 is 0. The first-order chi connectivity index (χ1) is 7.31. The van der Waals surface area contributed by atoms with Gasteiger partial charge in [-0.15, -0.1) is 0 Å². The number of nitrogens with zero attached hydrogens (tertiary/aromatic N) is 1. The van der Waals surface area contributed by atoms with Crippen molar-refractivity contribution >= 4 is 11.4 Å². The molecule has 2 rings (SSSR count). The van der Waals surface area contributed by atoms with E-state index in [1.54, 1.807) is 0 Å². The number of benzene rings is 1. The summed E-state index contributed by atoms with van der Waals surface area (Å²) in [6, 6.07) is 7.72. The quantitative estimate of drug-likeness (QED) is 0.673. The summed E-state index contributed by atoms with van der Waals surface area (Å²) in [7, 11) is 0. The number of hydrogen-bond acceptors (Lipinski definition) is 2. The van der Waals surface area contributed by atoms with Crippen molar-refractivity contribution in [1.29, 1.82) is 0 Å². The molecule has 2 heteroatoms. The van der Waals surface area contributed by atoms with Gasteiger partial charge in [0.2, 0.25) is 0 Å². The molecule has 1 aliphatic heterocycles. The standard InChI is InChI=1S/C11H11NO.C2H6/c1-3-9-8(2)13-11-7-5-4-6-10(11)12-9;1-2/h4-7H,2-3H2,1H3;1-2H3. The van der Waals surface area contributed by atoms with Crippen LogP contribution < -0.4 is 4.74 Å². The minimum absolute atomic E-state index is 0.668. The molecule has 0 fully saturated rings. The van der Waals surface area contributed by atoms with E-state index in [2.05, 4.69) is 11.6 Å². The van der Waals surface area contributed by atoms with Crippen LogP contribution in [-0.4, -0.2) is 5.71 Å². The first kappa shape index (κ1) is 11.5. The molecule has 80 valence electrons. The molecule has 0 radical (unpaired) electrons. The zero-order chi connectivity index (χ0) is 11.3. The predicted octanol–water partition coefficient (Wildman–Crippen LogP) is 4.10. The molecule has 0 bridgehead atoms. The maximum absolute atomic E-state index is 5.51. The molecule has 2 nitrogen and oxygen atoms in total. The largest absolute Gasteiger partial charge is 0.454 e. The van der Waals surface area contributed by atoms with Crippen molar-refractivity contribution < 1.29 is 4.74 Å². The van der Waals surface area contributed by atoms with E-state index < -0.39 is 0 Å². The SMILES string of the molecule is C=C1Oc2ccccc2N=C1CC.CC. The molecule has 1 heterocycles. The van der Waals surface area contributed by atoms with Crippen LogP contribution >= 0.6 is 0 Å². The number of ether oxygens (including phenoxy) is 1. The van der Waals surface area contributed by atoms with Crippen LogP contribution in [0.5, 0.6) is 5.75 Å². The molecule has 0 atom stereocenters. The van der Waals surface area contributed by atoms with E-state index in [0.29, 0.717) is 5.76 Å². The number of para-hydroxylation sites is 2. The summed E-state index contributed by atoms with van der Waals surface area (Å²) in [5.41, 5.74) is 1.82. The Bertz CT molecular complexity index is 380. The van der Waals surface area contributed by atoms with Crippen LogP contribution in [0.15, 0.2) is 41.6 Å². The van der Waals surface area contributed by atoms with Crippen LogP contribution in [0.25, 0.3) is 0 Å². The lowest BCUT2D eigenvalue weighted by atomic mass is 10.2. The van der Waals surface area contributed by atoms with Crippen molar-refractivity contribution in [2.75, 3.05) is 0 Å². The zero-order valence-corrected chi connectivity index (χ0v) is 9.58. The Kier molecular flexibility index (Phi) is 4.10. The van der Waals surface area contributed by atoms with Crippen LogP contribution in [-0.2, 0) is 0 Å². The second-order valence-corrected chi connectivity index (χ2v) is 2.91. The van der Waals surface area contributed by atoms with E-state index in [1.807, 2.05) is 45.0 Å². The summed E-state index contributed by atoms with van der Waals surface area (Å²) in [4.78, 5) is 4.44. The first-order valence-electron chi connectivity index (χ1n) is 5.35. The third kappa shape index (κ3) is 2.46. The molecule has 0 spiro atoms. The van der Waals surface area contributed by atoms with Gasteiger partial charge in [0.05, 0.1) is 5.71 Å². The fourth-order valence-corrected chi connectivity index (χ4v) is 1.31. The van der Waals surface area contributed by atoms with Gasteiger partial charge < -0.3 is 4.74 Å². The van der Waals surface area contributed by atoms with Crippen molar-refractivity contribution in [3.05, 3.63) is 36.6 Å². The molecule has 0 unspecified atom stereocenters. The summed E-state index contributed by atoms with van der Waals surface area (Å²) < 4.78 is 5.51. The highest BCUT2D eigenvalue weighted by molar-refractivity contribution is 6.01. The van der Waals surface area contributed by atoms with Gasteiger partial charge >= 0.3 is 0 Å². The Labute approximate surface area is 91.3 Å². The molecule has 0 saturated heterocycles. The van der Waals surface area contributed by atoms with Gasteiger partial charge in [-0.3, -0.25) is 0 Å². The van der Waals surface area contributed by atoms with Crippen molar-refractivity contribution in [2.24, 2.45) is 4.99 Å². The number of fused-ring (bicyclic) bond motifs is 1. The van der Waals surface area contributed by atoms with E-state index >= 15 is 0 Å². The number of allylic oxidation sites excluding steroid dienone is 1. The van der Waals surface area contributed by atoms with Crippen molar-refractivity contribution in [3.8, 4) is 5.75 Å². The molecule has 1 aromatic rings. The van der Waals surface area contributed by atoms with Crippen LogP contribution in [0, 0.1) is 0 Å². The average Bonchev–Trinajstić information content (AvgIpc) is 2.31. The molecular weight excluding hydrogens is 186 g/mol. The second-order valence-electron chi connectivity index (χ2n) is 2.91. The molecule has 1 aliphatic rings. The summed E-state index contributed by atoms with van der Waals surface area (Å²) in [5.74, 6) is 1.46. The normalized spacial score (nSPS) is 13.0. The van der Waals surface area contributed by atoms with Crippen molar-refractivity contribution in [1.82, 2.24) is 0 Å². The first-order valence-corrected chi connectivity index (χ1v) is 5.35. The Morgan fingerprint density at radius 1 is 1.27 bits per heavy atom. The van der Waals surface area contributed by atoms with Gasteiger partial charge in [0, 0.05) is 0 Å². The summed E-state index contributed by atoms with van der Waals surface area (Å²) in [6.45, 7) is 9.86. The van der Waals surface area contributed by atoms with Crippen LogP contribution in [0.4, 0.5) is 5.69 Å². The van der Waals surface area contributed by atoms with Crippen molar-refractivity contribution in [3.63, 3.8) is 0 Å². The highest BCUT2D eigenvalue weighted by atomic mass is 16.5. The van der Waals surface area contributed by atoms with Gasteiger partial charge in [0.1, 0.15) is 11.4 Å². The molecule has 0 N–H and O–H groups in total. The summed E-state index contributed by atoms with van der Waals surface area (Å²) in [5, 5.41) is 0. The minimum atomic E-state index is 0.668. The molecule has 0 saturated carbocycles. The fraction of sp³-hybridized carbons (Fsp3) is 0.308. The smallest absolute Gasteiger partial charge is 0.153 e. The van der Waals surface area contributed by atoms with E-state index in [-0.39, 0.29) is 0 Å². The maximum Gasteiger partial charge on any atom is 0.153 e. The van der Waals surface area contributed by atoms with Gasteiger partial charge in [-0.1, -0.05) is 39.5 Å². The highest BCUT2D eigenvalue weighted by Gasteiger charge is 2.14. The minimum Gasteiger partial charge on any atom is -0.454 e. The third-order valence-electron chi connectivity index (χ3n) is 2.01. The van der Waals surface area contributed by atoms with Gasteiger partial charge in [-0.25, -0.2) is 4.99 Å². The number of rotatable bonds is 1. The fourth-order valence-electron chi connectivity index (χ4n) is 1.31. The van der Waals surface area contributed by atoms with Gasteiger partial charge in [0.15, 0.2) is 5.75 Å². The maximum atomic E-state index is 5.51. The van der Waals surface area contributed by atoms with Crippen molar-refractivity contribution in [2.45, 2.75) is 27.2 Å². The van der Waals surface area contributed by atoms with Gasteiger partial charge in [-0.2, -0.15) is 0 Å². The van der Waals surface area contributed by atoms with Crippen LogP contribution in [0.3, 0.4) is 0 Å². The molecule has 0 aliphatic carbocycles. The Balaban J connectivity index is 0.000000531. The van der Waals surface area contributed by atoms with E-state index in [9.17, 15) is 0 Å². The highest BCUT2D eigenvalue weighted by Crippen LogP contribution is 2.33. The lowest BCUT2D eigenvalue weighted by Crippen LogP contribution is -2.10. The van der Waals surface area contributed by atoms with Crippen LogP contribution in [0.2, 0.25) is 0 Å². The Morgan fingerprint density at radius 3 is 2.60 bits per heavy atom. The topological polar surface area (TPSA) is 21.6 Å². The number of aliphatic imine (C=N–C) groups is 1. The molecule has 0 amide bonds. The Hall–Kier alpha value is -1.57. The van der Waals surface area contributed by atoms with E-state index in [1.165, 1.54) is 0 Å². The Morgan fingerprint density at radius 2 is 1.93 bits per heavy atom. The predicted molar refractivity (Wildman–Crippen MR) is 64.9 cm³/mol.